The van der Waals surface area contributed by atoms with Crippen LogP contribution < -0.4 is 11.1 Å². The van der Waals surface area contributed by atoms with Crippen LogP contribution in [0.1, 0.15) is 19.0 Å². The molecule has 0 aromatic carbocycles. The number of nitrogens with one attached hydrogen (secondary N) is 1. The second-order valence-corrected chi connectivity index (χ2v) is 4.17. The van der Waals surface area contributed by atoms with E-state index in [0.717, 1.165) is 5.69 Å². The molecule has 1 amide bonds. The minimum Gasteiger partial charge on any atom is -0.374 e. The highest BCUT2D eigenvalue weighted by Crippen LogP contribution is 2.06. The fourth-order valence-electron chi connectivity index (χ4n) is 1.29. The first-order chi connectivity index (χ1) is 8.08. The van der Waals surface area contributed by atoms with Gasteiger partial charge in [-0.2, -0.15) is 0 Å². The Morgan fingerprint density at radius 1 is 1.65 bits per heavy atom. The number of hydrogen-bond donors (Lipinski definition) is 2. The summed E-state index contributed by atoms with van der Waals surface area (Å²) in [6.45, 7) is 2.41. The Hall–Kier alpha value is -1.56. The van der Waals surface area contributed by atoms with Crippen molar-refractivity contribution in [2.45, 2.75) is 19.9 Å². The van der Waals surface area contributed by atoms with E-state index >= 15 is 0 Å². The van der Waals surface area contributed by atoms with Gasteiger partial charge < -0.3 is 11.1 Å². The van der Waals surface area contributed by atoms with Crippen molar-refractivity contribution >= 4 is 23.1 Å². The van der Waals surface area contributed by atoms with E-state index in [4.69, 9.17) is 18.0 Å². The van der Waals surface area contributed by atoms with Crippen molar-refractivity contribution in [3.63, 3.8) is 0 Å². The molecule has 5 nitrogen and oxygen atoms in total. The number of carbonyl (C=O) groups excluding carboxylic acids is 1. The van der Waals surface area contributed by atoms with E-state index in [-0.39, 0.29) is 11.8 Å². The first kappa shape index (κ1) is 13.5. The van der Waals surface area contributed by atoms with Crippen LogP contribution in [-0.2, 0) is 11.3 Å². The molecule has 0 aliphatic heterocycles. The van der Waals surface area contributed by atoms with Crippen molar-refractivity contribution in [1.82, 2.24) is 15.3 Å². The lowest BCUT2D eigenvalue weighted by molar-refractivity contribution is -0.118. The Kier molecular flexibility index (Phi) is 5.48. The minimum atomic E-state index is -0.328. The zero-order valence-corrected chi connectivity index (χ0v) is 10.4. The van der Waals surface area contributed by atoms with Crippen LogP contribution in [0.25, 0.3) is 0 Å². The second kappa shape index (κ2) is 6.90. The van der Waals surface area contributed by atoms with Crippen molar-refractivity contribution in [3.8, 4) is 0 Å². The van der Waals surface area contributed by atoms with E-state index in [1.807, 2.05) is 6.92 Å². The van der Waals surface area contributed by atoms with E-state index < -0.39 is 0 Å². The van der Waals surface area contributed by atoms with Crippen LogP contribution in [0.2, 0.25) is 0 Å². The van der Waals surface area contributed by atoms with Gasteiger partial charge in [-0.05, 0) is 5.92 Å². The second-order valence-electron chi connectivity index (χ2n) is 3.73. The number of rotatable bonds is 6. The van der Waals surface area contributed by atoms with Gasteiger partial charge in [-0.3, -0.25) is 14.8 Å². The molecule has 0 aliphatic rings. The lowest BCUT2D eigenvalue weighted by Crippen LogP contribution is -2.25. The zero-order chi connectivity index (χ0) is 12.7. The third-order valence-corrected chi connectivity index (χ3v) is 2.30. The molecule has 0 fully saturated rings. The predicted molar refractivity (Wildman–Crippen MR) is 68.7 cm³/mol. The quantitative estimate of drug-likeness (QED) is 0.724. The Morgan fingerprint density at radius 2 is 2.41 bits per heavy atom. The molecule has 17 heavy (non-hydrogen) atoms. The van der Waals surface area contributed by atoms with Gasteiger partial charge in [-0.1, -0.05) is 19.1 Å². The summed E-state index contributed by atoms with van der Waals surface area (Å²) < 4.78 is 0. The molecule has 91 valence electrons. The van der Waals surface area contributed by atoms with Crippen molar-refractivity contribution in [2.75, 3.05) is 0 Å². The van der Waals surface area contributed by atoms with E-state index in [0.29, 0.717) is 18.0 Å². The molecule has 1 radical (unpaired) electrons. The normalized spacial score (nSPS) is 11.8. The zero-order valence-electron chi connectivity index (χ0n) is 9.59. The van der Waals surface area contributed by atoms with Gasteiger partial charge in [-0.15, -0.1) is 0 Å². The Bertz CT molecular complexity index is 382. The van der Waals surface area contributed by atoms with Gasteiger partial charge in [0.05, 0.1) is 23.4 Å². The minimum absolute atomic E-state index is 0.0364. The highest BCUT2D eigenvalue weighted by Gasteiger charge is 2.09. The van der Waals surface area contributed by atoms with Gasteiger partial charge in [0.1, 0.15) is 0 Å². The highest BCUT2D eigenvalue weighted by molar-refractivity contribution is 7.80. The van der Waals surface area contributed by atoms with Crippen LogP contribution in [0, 0.1) is 12.3 Å². The van der Waals surface area contributed by atoms with Gasteiger partial charge in [0.15, 0.2) is 0 Å². The molecule has 3 N–H and O–H groups in total. The van der Waals surface area contributed by atoms with Crippen LogP contribution >= 0.6 is 12.2 Å². The lowest BCUT2D eigenvalue weighted by atomic mass is 10.0. The lowest BCUT2D eigenvalue weighted by Gasteiger charge is -2.11. The SMILES string of the molecule is C[C@@H]([CH]C(=S)NCc1cnccn1)CC(N)=O. The number of nitrogens with two attached hydrogens (primary N) is 1. The summed E-state index contributed by atoms with van der Waals surface area (Å²) in [5, 5.41) is 3.02. The summed E-state index contributed by atoms with van der Waals surface area (Å²) in [7, 11) is 0. The number of hydrogen-bond acceptors (Lipinski definition) is 4. The summed E-state index contributed by atoms with van der Waals surface area (Å²) in [6, 6.07) is 0. The molecule has 6 heteroatoms. The van der Waals surface area contributed by atoms with Crippen molar-refractivity contribution < 1.29 is 4.79 Å². The molecular formula is C11H15N4OS. The van der Waals surface area contributed by atoms with Gasteiger partial charge in [0.2, 0.25) is 5.91 Å². The fourth-order valence-corrected chi connectivity index (χ4v) is 1.60. The molecule has 1 aromatic rings. The molecule has 1 heterocycles. The molecular weight excluding hydrogens is 236 g/mol. The summed E-state index contributed by atoms with van der Waals surface area (Å²) in [5.41, 5.74) is 5.90. The van der Waals surface area contributed by atoms with Gasteiger partial charge in [-0.25, -0.2) is 0 Å². The Morgan fingerprint density at radius 3 is 3.00 bits per heavy atom. The summed E-state index contributed by atoms with van der Waals surface area (Å²) in [5.74, 6) is -0.292. The van der Waals surface area contributed by atoms with Crippen LogP contribution in [0.15, 0.2) is 18.6 Å². The summed E-state index contributed by atoms with van der Waals surface area (Å²) in [6.07, 6.45) is 7.01. The Balaban J connectivity index is 2.28. The van der Waals surface area contributed by atoms with Crippen molar-refractivity contribution in [2.24, 2.45) is 11.7 Å². The van der Waals surface area contributed by atoms with Gasteiger partial charge in [0, 0.05) is 25.2 Å². The maximum atomic E-state index is 10.7. The molecule has 0 unspecified atom stereocenters. The molecule has 0 bridgehead atoms. The maximum Gasteiger partial charge on any atom is 0.217 e. The fraction of sp³-hybridized carbons (Fsp3) is 0.364. The van der Waals surface area contributed by atoms with E-state index in [9.17, 15) is 4.79 Å². The van der Waals surface area contributed by atoms with Crippen molar-refractivity contribution in [1.29, 1.82) is 0 Å². The van der Waals surface area contributed by atoms with E-state index in [1.165, 1.54) is 0 Å². The number of thiocarbonyl (C=S) groups is 1. The van der Waals surface area contributed by atoms with Crippen molar-refractivity contribution in [3.05, 3.63) is 30.7 Å². The highest BCUT2D eigenvalue weighted by atomic mass is 32.1. The Labute approximate surface area is 106 Å². The smallest absolute Gasteiger partial charge is 0.217 e. The van der Waals surface area contributed by atoms with E-state index in [2.05, 4.69) is 15.3 Å². The summed E-state index contributed by atoms with van der Waals surface area (Å²) >= 11 is 5.12. The molecule has 0 saturated carbocycles. The van der Waals surface area contributed by atoms with E-state index in [1.54, 1.807) is 25.0 Å². The largest absolute Gasteiger partial charge is 0.374 e. The molecule has 1 atom stereocenters. The van der Waals surface area contributed by atoms with Gasteiger partial charge in [0.25, 0.3) is 0 Å². The van der Waals surface area contributed by atoms with Crippen LogP contribution in [0.3, 0.4) is 0 Å². The van der Waals surface area contributed by atoms with Crippen LogP contribution in [0.4, 0.5) is 0 Å². The number of amides is 1. The molecule has 0 saturated heterocycles. The monoisotopic (exact) mass is 251 g/mol. The predicted octanol–water partition coefficient (Wildman–Crippen LogP) is 0.609. The number of aromatic nitrogens is 2. The topological polar surface area (TPSA) is 80.9 Å². The first-order valence-electron chi connectivity index (χ1n) is 5.24. The molecule has 1 aromatic heterocycles. The average molecular weight is 251 g/mol. The molecule has 1 rings (SSSR count). The third kappa shape index (κ3) is 5.91. The standard InChI is InChI=1S/C11H15N4OS/c1-8(4-10(12)16)5-11(17)15-7-9-6-13-2-3-14-9/h2-3,5-6,8H,4,7H2,1H3,(H2,12,16)(H,15,17)/t8-/m1/s1. The summed E-state index contributed by atoms with van der Waals surface area (Å²) in [4.78, 5) is 19.3. The number of carbonyl (C=O) groups is 1. The average Bonchev–Trinajstić information content (AvgIpc) is 2.26. The molecule has 0 spiro atoms. The maximum absolute atomic E-state index is 10.7. The number of nitrogens with zero attached hydrogens (tertiary/aromatic N) is 2. The van der Waals surface area contributed by atoms with Gasteiger partial charge >= 0.3 is 0 Å². The first-order valence-corrected chi connectivity index (χ1v) is 5.64. The number of primary amides is 1. The molecule has 0 aliphatic carbocycles. The van der Waals surface area contributed by atoms with Crippen LogP contribution in [-0.4, -0.2) is 20.9 Å². The third-order valence-electron chi connectivity index (χ3n) is 2.02. The van der Waals surface area contributed by atoms with Crippen LogP contribution in [0.5, 0.6) is 0 Å².